The lowest BCUT2D eigenvalue weighted by Gasteiger charge is -2.16. The highest BCUT2D eigenvalue weighted by Crippen LogP contribution is 2.62. The van der Waals surface area contributed by atoms with Crippen LogP contribution in [0.25, 0.3) is 0 Å². The van der Waals surface area contributed by atoms with E-state index in [4.69, 9.17) is 11.6 Å². The van der Waals surface area contributed by atoms with Gasteiger partial charge in [-0.1, -0.05) is 20.8 Å². The van der Waals surface area contributed by atoms with Gasteiger partial charge >= 0.3 is 6.18 Å². The van der Waals surface area contributed by atoms with Crippen LogP contribution in [0.5, 0.6) is 0 Å². The summed E-state index contributed by atoms with van der Waals surface area (Å²) in [4.78, 5) is 0. The van der Waals surface area contributed by atoms with Crippen LogP contribution in [0.1, 0.15) is 20.8 Å². The average molecular weight is 201 g/mol. The van der Waals surface area contributed by atoms with E-state index in [9.17, 15) is 13.2 Å². The first kappa shape index (κ1) is 10.2. The zero-order chi connectivity index (χ0) is 9.73. The van der Waals surface area contributed by atoms with Gasteiger partial charge in [-0.2, -0.15) is 13.2 Å². The van der Waals surface area contributed by atoms with Crippen molar-refractivity contribution in [2.75, 3.05) is 0 Å². The third-order valence-corrected chi connectivity index (χ3v) is 3.66. The Labute approximate surface area is 75.1 Å². The van der Waals surface area contributed by atoms with E-state index in [-0.39, 0.29) is 10.8 Å². The molecule has 4 heteroatoms. The molecule has 3 atom stereocenters. The van der Waals surface area contributed by atoms with Gasteiger partial charge < -0.3 is 0 Å². The fourth-order valence-corrected chi connectivity index (χ4v) is 2.33. The number of alkyl halides is 4. The summed E-state index contributed by atoms with van der Waals surface area (Å²) >= 11 is 5.74. The molecule has 0 aromatic heterocycles. The molecule has 0 aromatic rings. The van der Waals surface area contributed by atoms with Crippen LogP contribution in [0.2, 0.25) is 0 Å². The normalized spacial score (nSPS) is 36.2. The Morgan fingerprint density at radius 1 is 1.33 bits per heavy atom. The summed E-state index contributed by atoms with van der Waals surface area (Å²) in [5.74, 6) is -1.70. The van der Waals surface area contributed by atoms with Crippen LogP contribution in [0.15, 0.2) is 0 Å². The van der Waals surface area contributed by atoms with E-state index in [1.165, 1.54) is 6.92 Å². The molecule has 0 saturated heterocycles. The summed E-state index contributed by atoms with van der Waals surface area (Å²) in [5, 5.41) is -0.325. The monoisotopic (exact) mass is 200 g/mol. The quantitative estimate of drug-likeness (QED) is 0.569. The van der Waals surface area contributed by atoms with E-state index in [0.717, 1.165) is 0 Å². The Morgan fingerprint density at radius 3 is 1.75 bits per heavy atom. The molecule has 1 fully saturated rings. The smallest absolute Gasteiger partial charge is 0.171 e. The first-order valence-corrected chi connectivity index (χ1v) is 4.33. The summed E-state index contributed by atoms with van der Waals surface area (Å²) in [7, 11) is 0. The fourth-order valence-electron chi connectivity index (χ4n) is 1.71. The molecule has 1 aliphatic rings. The van der Waals surface area contributed by atoms with Crippen LogP contribution in [-0.4, -0.2) is 11.6 Å². The number of hydrogen-bond acceptors (Lipinski definition) is 0. The first-order chi connectivity index (χ1) is 5.19. The second kappa shape index (κ2) is 2.53. The van der Waals surface area contributed by atoms with Crippen molar-refractivity contribution in [2.45, 2.75) is 32.3 Å². The van der Waals surface area contributed by atoms with Crippen molar-refractivity contribution in [3.8, 4) is 0 Å². The highest BCUT2D eigenvalue weighted by Gasteiger charge is 2.64. The Bertz CT molecular complexity index is 175. The molecule has 0 N–H and O–H groups in total. The van der Waals surface area contributed by atoms with E-state index in [1.807, 2.05) is 0 Å². The van der Waals surface area contributed by atoms with Crippen molar-refractivity contribution in [2.24, 2.45) is 17.3 Å². The molecule has 0 amide bonds. The van der Waals surface area contributed by atoms with Crippen molar-refractivity contribution in [3.05, 3.63) is 0 Å². The second-order valence-corrected chi connectivity index (χ2v) is 4.55. The molecule has 0 radical (unpaired) electrons. The lowest BCUT2D eigenvalue weighted by Crippen LogP contribution is -2.23. The van der Waals surface area contributed by atoms with Crippen LogP contribution in [0.4, 0.5) is 13.2 Å². The van der Waals surface area contributed by atoms with Crippen LogP contribution >= 0.6 is 11.6 Å². The Kier molecular flexibility index (Phi) is 2.15. The minimum absolute atomic E-state index is 0.325. The van der Waals surface area contributed by atoms with Crippen LogP contribution < -0.4 is 0 Å². The molecule has 0 aliphatic heterocycles. The number of hydrogen-bond donors (Lipinski definition) is 0. The summed E-state index contributed by atoms with van der Waals surface area (Å²) in [5.41, 5.74) is -0.351. The van der Waals surface area contributed by atoms with E-state index < -0.39 is 18.0 Å². The van der Waals surface area contributed by atoms with Crippen molar-refractivity contribution in [3.63, 3.8) is 0 Å². The highest BCUT2D eigenvalue weighted by atomic mass is 35.5. The van der Waals surface area contributed by atoms with Crippen LogP contribution in [0.3, 0.4) is 0 Å². The summed E-state index contributed by atoms with van der Waals surface area (Å²) in [6.07, 6.45) is -4.11. The number of halogens is 4. The summed E-state index contributed by atoms with van der Waals surface area (Å²) < 4.78 is 36.6. The van der Waals surface area contributed by atoms with Gasteiger partial charge in [0, 0.05) is 5.38 Å². The van der Waals surface area contributed by atoms with Crippen LogP contribution in [-0.2, 0) is 0 Å². The van der Waals surface area contributed by atoms with Gasteiger partial charge in [0.15, 0.2) is 0 Å². The van der Waals surface area contributed by atoms with E-state index >= 15 is 0 Å². The minimum atomic E-state index is -4.11. The maximum Gasteiger partial charge on any atom is 0.391 e. The molecule has 1 aliphatic carbocycles. The molecule has 0 spiro atoms. The molecular formula is C8H12ClF3. The SMILES string of the molecule is CC(C1C(Cl)C1(C)C)C(F)(F)F. The highest BCUT2D eigenvalue weighted by molar-refractivity contribution is 6.23. The van der Waals surface area contributed by atoms with Gasteiger partial charge in [-0.15, -0.1) is 11.6 Å². The topological polar surface area (TPSA) is 0 Å². The van der Waals surface area contributed by atoms with Crippen molar-refractivity contribution in [1.29, 1.82) is 0 Å². The molecule has 0 nitrogen and oxygen atoms in total. The van der Waals surface area contributed by atoms with Gasteiger partial charge in [0.2, 0.25) is 0 Å². The van der Waals surface area contributed by atoms with Gasteiger partial charge in [0.25, 0.3) is 0 Å². The van der Waals surface area contributed by atoms with Gasteiger partial charge in [-0.25, -0.2) is 0 Å². The van der Waals surface area contributed by atoms with Crippen LogP contribution in [0, 0.1) is 17.3 Å². The molecule has 1 saturated carbocycles. The van der Waals surface area contributed by atoms with Gasteiger partial charge in [-0.05, 0) is 11.3 Å². The molecule has 1 rings (SSSR count). The molecule has 0 heterocycles. The zero-order valence-corrected chi connectivity index (χ0v) is 8.00. The first-order valence-electron chi connectivity index (χ1n) is 3.90. The maximum absolute atomic E-state index is 12.2. The third kappa shape index (κ3) is 1.43. The van der Waals surface area contributed by atoms with Crippen molar-refractivity contribution >= 4 is 11.6 Å². The zero-order valence-electron chi connectivity index (χ0n) is 7.24. The van der Waals surface area contributed by atoms with E-state index in [1.54, 1.807) is 13.8 Å². The fraction of sp³-hybridized carbons (Fsp3) is 1.00. The Hall–Kier alpha value is 0.0800. The molecule has 3 unspecified atom stereocenters. The lowest BCUT2D eigenvalue weighted by molar-refractivity contribution is -0.177. The molecular weight excluding hydrogens is 189 g/mol. The lowest BCUT2D eigenvalue weighted by atomic mass is 9.99. The number of rotatable bonds is 1. The Morgan fingerprint density at radius 2 is 1.67 bits per heavy atom. The predicted octanol–water partition coefficient (Wildman–Crippen LogP) is 3.45. The Balaban J connectivity index is 2.64. The molecule has 12 heavy (non-hydrogen) atoms. The summed E-state index contributed by atoms with van der Waals surface area (Å²) in [6.45, 7) is 4.75. The minimum Gasteiger partial charge on any atom is -0.171 e. The van der Waals surface area contributed by atoms with Gasteiger partial charge in [0.05, 0.1) is 5.92 Å². The van der Waals surface area contributed by atoms with Crippen molar-refractivity contribution < 1.29 is 13.2 Å². The standard InChI is InChI=1S/C8H12ClF3/c1-4(8(10,11)12)5-6(9)7(5,2)3/h4-6H,1-3H3. The molecule has 72 valence electrons. The summed E-state index contributed by atoms with van der Waals surface area (Å²) in [6, 6.07) is 0. The van der Waals surface area contributed by atoms with Gasteiger partial charge in [0.1, 0.15) is 0 Å². The van der Waals surface area contributed by atoms with Crippen molar-refractivity contribution in [1.82, 2.24) is 0 Å². The third-order valence-electron chi connectivity index (χ3n) is 2.83. The second-order valence-electron chi connectivity index (χ2n) is 4.08. The molecule has 0 aromatic carbocycles. The van der Waals surface area contributed by atoms with E-state index in [2.05, 4.69) is 0 Å². The molecule has 0 bridgehead atoms. The predicted molar refractivity (Wildman–Crippen MR) is 42.1 cm³/mol. The largest absolute Gasteiger partial charge is 0.391 e. The maximum atomic E-state index is 12.2. The van der Waals surface area contributed by atoms with Gasteiger partial charge in [-0.3, -0.25) is 0 Å². The van der Waals surface area contributed by atoms with E-state index in [0.29, 0.717) is 0 Å². The average Bonchev–Trinajstić information content (AvgIpc) is 2.30.